The second-order valence-electron chi connectivity index (χ2n) is 5.88. The van der Waals surface area contributed by atoms with Crippen molar-refractivity contribution in [2.24, 2.45) is 0 Å². The van der Waals surface area contributed by atoms with Crippen molar-refractivity contribution < 1.29 is 0 Å². The minimum atomic E-state index is 0.572. The summed E-state index contributed by atoms with van der Waals surface area (Å²) in [4.78, 5) is 7.95. The standard InChI is InChI=1S/C18H16N4S/c19-11-13-14-9-5-2-6-10-22(14)16-15(13)20-17(21-18(16)23)12-7-3-1-4-8-12/h1,3-4,7-8H,2,5-6,9-10H2,(H,20,21,23). The third-order valence-corrected chi connectivity index (χ3v) is 4.77. The molecule has 0 radical (unpaired) electrons. The highest BCUT2D eigenvalue weighted by Gasteiger charge is 2.21. The molecule has 0 saturated carbocycles. The Bertz CT molecular complexity index is 976. The fourth-order valence-electron chi connectivity index (χ4n) is 3.41. The maximum Gasteiger partial charge on any atom is 0.154 e. The highest BCUT2D eigenvalue weighted by atomic mass is 32.1. The van der Waals surface area contributed by atoms with Crippen molar-refractivity contribution in [2.75, 3.05) is 0 Å². The van der Waals surface area contributed by atoms with Crippen LogP contribution in [0.3, 0.4) is 0 Å². The van der Waals surface area contributed by atoms with Gasteiger partial charge in [0, 0.05) is 17.8 Å². The number of nitrogens with one attached hydrogen (secondary N) is 1. The maximum absolute atomic E-state index is 9.69. The number of aromatic amines is 1. The summed E-state index contributed by atoms with van der Waals surface area (Å²) in [5.74, 6) is 0.723. The van der Waals surface area contributed by atoms with Crippen molar-refractivity contribution in [3.63, 3.8) is 0 Å². The third kappa shape index (κ3) is 2.27. The summed E-state index contributed by atoms with van der Waals surface area (Å²) in [5.41, 5.74) is 4.56. The van der Waals surface area contributed by atoms with Gasteiger partial charge in [-0.05, 0) is 19.3 Å². The van der Waals surface area contributed by atoms with Crippen molar-refractivity contribution in [3.05, 3.63) is 46.2 Å². The lowest BCUT2D eigenvalue weighted by atomic mass is 10.1. The highest BCUT2D eigenvalue weighted by molar-refractivity contribution is 7.71. The molecule has 0 spiro atoms. The normalized spacial score (nSPS) is 14.2. The SMILES string of the molecule is N#Cc1c2n(c3c(=S)nc(-c4ccccc4)[nH]c13)CCCCC2. The summed E-state index contributed by atoms with van der Waals surface area (Å²) in [6, 6.07) is 12.3. The molecule has 0 aliphatic carbocycles. The first-order valence-electron chi connectivity index (χ1n) is 7.90. The molecule has 1 aliphatic heterocycles. The first-order valence-corrected chi connectivity index (χ1v) is 8.31. The lowest BCUT2D eigenvalue weighted by molar-refractivity contribution is 0.647. The molecule has 23 heavy (non-hydrogen) atoms. The predicted molar refractivity (Wildman–Crippen MR) is 92.6 cm³/mol. The number of aryl methyl sites for hydroxylation is 1. The van der Waals surface area contributed by atoms with E-state index in [0.29, 0.717) is 4.64 Å². The first kappa shape index (κ1) is 14.2. The minimum Gasteiger partial charge on any atom is -0.340 e. The summed E-state index contributed by atoms with van der Waals surface area (Å²) in [7, 11) is 0. The Kier molecular flexibility index (Phi) is 3.47. The maximum atomic E-state index is 9.69. The Morgan fingerprint density at radius 3 is 2.78 bits per heavy atom. The predicted octanol–water partition coefficient (Wildman–Crippen LogP) is 4.36. The van der Waals surface area contributed by atoms with Crippen molar-refractivity contribution >= 4 is 23.3 Å². The van der Waals surface area contributed by atoms with E-state index in [1.807, 2.05) is 30.3 Å². The molecule has 3 aromatic rings. The van der Waals surface area contributed by atoms with Crippen LogP contribution in [0.4, 0.5) is 0 Å². The molecule has 0 unspecified atom stereocenters. The van der Waals surface area contributed by atoms with Gasteiger partial charge in [-0.3, -0.25) is 0 Å². The van der Waals surface area contributed by atoms with Gasteiger partial charge in [0.1, 0.15) is 17.4 Å². The van der Waals surface area contributed by atoms with E-state index in [9.17, 15) is 5.26 Å². The van der Waals surface area contributed by atoms with E-state index >= 15 is 0 Å². The van der Waals surface area contributed by atoms with Crippen molar-refractivity contribution in [2.45, 2.75) is 32.2 Å². The van der Waals surface area contributed by atoms with Crippen molar-refractivity contribution in [1.29, 1.82) is 5.26 Å². The summed E-state index contributed by atoms with van der Waals surface area (Å²) in [6.07, 6.45) is 4.37. The van der Waals surface area contributed by atoms with Gasteiger partial charge < -0.3 is 9.55 Å². The first-order chi connectivity index (χ1) is 11.3. The average molecular weight is 320 g/mol. The van der Waals surface area contributed by atoms with Gasteiger partial charge in [0.05, 0.1) is 11.1 Å². The number of nitriles is 1. The molecule has 5 heteroatoms. The molecule has 0 bridgehead atoms. The van der Waals surface area contributed by atoms with Gasteiger partial charge >= 0.3 is 0 Å². The second kappa shape index (κ2) is 5.64. The van der Waals surface area contributed by atoms with Crippen LogP contribution in [0.1, 0.15) is 30.5 Å². The highest BCUT2D eigenvalue weighted by Crippen LogP contribution is 2.30. The van der Waals surface area contributed by atoms with E-state index in [2.05, 4.69) is 20.6 Å². The van der Waals surface area contributed by atoms with Gasteiger partial charge in [0.15, 0.2) is 4.64 Å². The number of hydrogen-bond acceptors (Lipinski definition) is 3. The lowest BCUT2D eigenvalue weighted by Crippen LogP contribution is -2.01. The van der Waals surface area contributed by atoms with Gasteiger partial charge in [-0.25, -0.2) is 4.98 Å². The molecule has 1 N–H and O–H groups in total. The number of H-pyrrole nitrogens is 1. The van der Waals surface area contributed by atoms with Gasteiger partial charge in [-0.2, -0.15) is 5.26 Å². The van der Waals surface area contributed by atoms with E-state index < -0.39 is 0 Å². The Labute approximate surface area is 139 Å². The van der Waals surface area contributed by atoms with Crippen LogP contribution < -0.4 is 0 Å². The molecule has 1 aromatic carbocycles. The molecule has 3 heterocycles. The molecule has 4 rings (SSSR count). The van der Waals surface area contributed by atoms with Crippen LogP contribution in [0.2, 0.25) is 0 Å². The van der Waals surface area contributed by atoms with E-state index in [4.69, 9.17) is 12.2 Å². The van der Waals surface area contributed by atoms with Gasteiger partial charge in [0.25, 0.3) is 0 Å². The second-order valence-corrected chi connectivity index (χ2v) is 6.26. The number of hydrogen-bond donors (Lipinski definition) is 1. The van der Waals surface area contributed by atoms with E-state index in [0.717, 1.165) is 59.5 Å². The third-order valence-electron chi connectivity index (χ3n) is 4.48. The van der Waals surface area contributed by atoms with Gasteiger partial charge in [0.2, 0.25) is 0 Å². The molecular formula is C18H16N4S. The topological polar surface area (TPSA) is 57.4 Å². The number of rotatable bonds is 1. The molecule has 114 valence electrons. The quantitative estimate of drug-likeness (QED) is 0.678. The number of benzene rings is 1. The van der Waals surface area contributed by atoms with Crippen LogP contribution >= 0.6 is 12.2 Å². The fourth-order valence-corrected chi connectivity index (χ4v) is 3.72. The van der Waals surface area contributed by atoms with E-state index in [1.54, 1.807) is 0 Å². The number of nitrogens with zero attached hydrogens (tertiary/aromatic N) is 3. The Morgan fingerprint density at radius 1 is 1.17 bits per heavy atom. The minimum absolute atomic E-state index is 0.572. The smallest absolute Gasteiger partial charge is 0.154 e. The molecule has 0 fully saturated rings. The average Bonchev–Trinajstić information content (AvgIpc) is 2.72. The molecule has 0 saturated heterocycles. The zero-order valence-electron chi connectivity index (χ0n) is 12.7. The van der Waals surface area contributed by atoms with E-state index in [-0.39, 0.29) is 0 Å². The monoisotopic (exact) mass is 320 g/mol. The van der Waals surface area contributed by atoms with Gasteiger partial charge in [-0.1, -0.05) is 49.0 Å². The van der Waals surface area contributed by atoms with Crippen molar-refractivity contribution in [3.8, 4) is 17.5 Å². The number of aromatic nitrogens is 3. The number of fused-ring (bicyclic) bond motifs is 3. The van der Waals surface area contributed by atoms with Crippen LogP contribution in [0.15, 0.2) is 30.3 Å². The fraction of sp³-hybridized carbons (Fsp3) is 0.278. The van der Waals surface area contributed by atoms with Crippen LogP contribution in [0.5, 0.6) is 0 Å². The largest absolute Gasteiger partial charge is 0.340 e. The molecule has 4 nitrogen and oxygen atoms in total. The zero-order valence-corrected chi connectivity index (χ0v) is 13.5. The summed E-state index contributed by atoms with van der Waals surface area (Å²) in [6.45, 7) is 0.914. The Morgan fingerprint density at radius 2 is 2.00 bits per heavy atom. The molecule has 0 atom stereocenters. The molecular weight excluding hydrogens is 304 g/mol. The summed E-state index contributed by atoms with van der Waals surface area (Å²) in [5, 5.41) is 9.69. The lowest BCUT2D eigenvalue weighted by Gasteiger charge is -2.06. The van der Waals surface area contributed by atoms with Crippen LogP contribution in [-0.2, 0) is 13.0 Å². The molecule has 0 amide bonds. The van der Waals surface area contributed by atoms with Crippen LogP contribution in [-0.4, -0.2) is 14.5 Å². The van der Waals surface area contributed by atoms with Crippen molar-refractivity contribution in [1.82, 2.24) is 14.5 Å². The molecule has 1 aliphatic rings. The van der Waals surface area contributed by atoms with Crippen LogP contribution in [0.25, 0.3) is 22.4 Å². The van der Waals surface area contributed by atoms with E-state index in [1.165, 1.54) is 6.42 Å². The molecule has 2 aromatic heterocycles. The zero-order chi connectivity index (χ0) is 15.8. The summed E-state index contributed by atoms with van der Waals surface area (Å²) >= 11 is 5.57. The van der Waals surface area contributed by atoms with Gasteiger partial charge in [-0.15, -0.1) is 0 Å². The Hall–Kier alpha value is -2.45. The van der Waals surface area contributed by atoms with Crippen LogP contribution in [0, 0.1) is 16.0 Å². The Balaban J connectivity index is 2.04. The summed E-state index contributed by atoms with van der Waals surface area (Å²) < 4.78 is 2.78.